The van der Waals surface area contributed by atoms with E-state index in [4.69, 9.17) is 23.2 Å². The van der Waals surface area contributed by atoms with Gasteiger partial charge in [0.25, 0.3) is 5.91 Å². The van der Waals surface area contributed by atoms with Crippen LogP contribution in [0.1, 0.15) is 22.8 Å². The number of hydrogen-bond acceptors (Lipinski definition) is 3. The number of carbonyl (C=O) groups excluding carboxylic acids is 1. The molecule has 1 aromatic heterocycles. The fourth-order valence-corrected chi connectivity index (χ4v) is 3.27. The third-order valence-corrected chi connectivity index (χ3v) is 4.94. The number of hydrogen-bond donors (Lipinski definition) is 1. The van der Waals surface area contributed by atoms with Crippen molar-refractivity contribution in [2.75, 3.05) is 5.32 Å². The Bertz CT molecular complexity index is 860. The number of nitrogens with one attached hydrogen (secondary N) is 1. The molecule has 112 valence electrons. The fraction of sp³-hybridized carbons (Fsp3) is 0.125. The van der Waals surface area contributed by atoms with Crippen molar-refractivity contribution >= 4 is 55.8 Å². The normalized spacial score (nSPS) is 10.9. The summed E-state index contributed by atoms with van der Waals surface area (Å²) >= 11 is 13.2. The molecule has 6 heteroatoms. The van der Waals surface area contributed by atoms with E-state index in [1.807, 2.05) is 12.1 Å². The summed E-state index contributed by atoms with van der Waals surface area (Å²) in [5.74, 6) is -0.256. The van der Waals surface area contributed by atoms with Gasteiger partial charge in [-0.3, -0.25) is 10.1 Å². The van der Waals surface area contributed by atoms with Crippen molar-refractivity contribution in [3.05, 3.63) is 57.6 Å². The second-order valence-electron chi connectivity index (χ2n) is 4.76. The maximum atomic E-state index is 12.2. The van der Waals surface area contributed by atoms with Crippen LogP contribution < -0.4 is 5.32 Å². The molecule has 2 aromatic carbocycles. The Morgan fingerprint density at radius 3 is 2.73 bits per heavy atom. The lowest BCUT2D eigenvalue weighted by Gasteiger charge is -2.02. The van der Waals surface area contributed by atoms with Crippen molar-refractivity contribution in [3.63, 3.8) is 0 Å². The Morgan fingerprint density at radius 1 is 1.18 bits per heavy atom. The van der Waals surface area contributed by atoms with E-state index in [1.165, 1.54) is 16.9 Å². The summed E-state index contributed by atoms with van der Waals surface area (Å²) in [5, 5.41) is 4.14. The Labute approximate surface area is 141 Å². The maximum Gasteiger partial charge on any atom is 0.257 e. The molecule has 0 saturated carbocycles. The van der Waals surface area contributed by atoms with E-state index in [-0.39, 0.29) is 5.91 Å². The van der Waals surface area contributed by atoms with E-state index in [9.17, 15) is 4.79 Å². The first-order chi connectivity index (χ1) is 10.6. The molecule has 22 heavy (non-hydrogen) atoms. The van der Waals surface area contributed by atoms with E-state index < -0.39 is 0 Å². The Hall–Kier alpha value is -1.62. The van der Waals surface area contributed by atoms with Gasteiger partial charge in [0.1, 0.15) is 0 Å². The predicted molar refractivity (Wildman–Crippen MR) is 93.4 cm³/mol. The molecule has 0 saturated heterocycles. The van der Waals surface area contributed by atoms with Gasteiger partial charge < -0.3 is 0 Å². The average molecular weight is 351 g/mol. The zero-order valence-corrected chi connectivity index (χ0v) is 14.0. The van der Waals surface area contributed by atoms with Gasteiger partial charge in [0.15, 0.2) is 5.13 Å². The molecule has 0 spiro atoms. The van der Waals surface area contributed by atoms with Gasteiger partial charge in [-0.15, -0.1) is 0 Å². The first-order valence-corrected chi connectivity index (χ1v) is 8.30. The number of carbonyl (C=O) groups is 1. The largest absolute Gasteiger partial charge is 0.298 e. The highest BCUT2D eigenvalue weighted by Gasteiger charge is 2.11. The average Bonchev–Trinajstić information content (AvgIpc) is 2.90. The molecule has 3 nitrogen and oxygen atoms in total. The van der Waals surface area contributed by atoms with Gasteiger partial charge >= 0.3 is 0 Å². The molecular weight excluding hydrogens is 339 g/mol. The first kappa shape index (κ1) is 15.3. The molecule has 0 radical (unpaired) electrons. The third kappa shape index (κ3) is 3.09. The van der Waals surface area contributed by atoms with Crippen molar-refractivity contribution in [1.82, 2.24) is 4.98 Å². The molecule has 0 aliphatic carbocycles. The highest BCUT2D eigenvalue weighted by molar-refractivity contribution is 7.22. The second-order valence-corrected chi connectivity index (χ2v) is 6.60. The van der Waals surface area contributed by atoms with Crippen LogP contribution in [0, 0.1) is 0 Å². The van der Waals surface area contributed by atoms with Gasteiger partial charge in [-0.2, -0.15) is 0 Å². The summed E-state index contributed by atoms with van der Waals surface area (Å²) < 4.78 is 1.06. The van der Waals surface area contributed by atoms with Crippen molar-refractivity contribution in [2.45, 2.75) is 13.3 Å². The van der Waals surface area contributed by atoms with Crippen LogP contribution in [-0.4, -0.2) is 10.9 Å². The summed E-state index contributed by atoms with van der Waals surface area (Å²) in [6.45, 7) is 2.11. The minimum absolute atomic E-state index is 0.256. The second kappa shape index (κ2) is 6.24. The summed E-state index contributed by atoms with van der Waals surface area (Å²) in [4.78, 5) is 16.7. The molecule has 1 heterocycles. The number of thiazole rings is 1. The zero-order chi connectivity index (χ0) is 15.7. The minimum Gasteiger partial charge on any atom is -0.298 e. The van der Waals surface area contributed by atoms with Crippen LogP contribution in [0.4, 0.5) is 5.13 Å². The van der Waals surface area contributed by atoms with E-state index in [0.717, 1.165) is 16.6 Å². The molecule has 3 aromatic rings. The lowest BCUT2D eigenvalue weighted by molar-refractivity contribution is 0.102. The quantitative estimate of drug-likeness (QED) is 0.685. The van der Waals surface area contributed by atoms with Crippen LogP contribution in [0.25, 0.3) is 10.2 Å². The molecule has 3 rings (SSSR count). The highest BCUT2D eigenvalue weighted by Crippen LogP contribution is 2.28. The number of aromatic nitrogens is 1. The van der Waals surface area contributed by atoms with Crippen molar-refractivity contribution in [3.8, 4) is 0 Å². The smallest absolute Gasteiger partial charge is 0.257 e. The zero-order valence-electron chi connectivity index (χ0n) is 11.7. The number of amides is 1. The van der Waals surface area contributed by atoms with E-state index in [2.05, 4.69) is 23.3 Å². The number of rotatable bonds is 3. The van der Waals surface area contributed by atoms with Gasteiger partial charge in [-0.25, -0.2) is 4.98 Å². The fourth-order valence-electron chi connectivity index (χ4n) is 2.05. The van der Waals surface area contributed by atoms with Crippen LogP contribution in [0.3, 0.4) is 0 Å². The van der Waals surface area contributed by atoms with Gasteiger partial charge in [0, 0.05) is 5.56 Å². The summed E-state index contributed by atoms with van der Waals surface area (Å²) in [7, 11) is 0. The van der Waals surface area contributed by atoms with Crippen LogP contribution >= 0.6 is 34.5 Å². The monoisotopic (exact) mass is 350 g/mol. The number of benzene rings is 2. The van der Waals surface area contributed by atoms with Gasteiger partial charge in [-0.1, -0.05) is 47.5 Å². The number of halogens is 2. The molecule has 1 N–H and O–H groups in total. The predicted octanol–water partition coefficient (Wildman–Crippen LogP) is 5.42. The number of anilines is 1. The molecule has 0 atom stereocenters. The summed E-state index contributed by atoms with van der Waals surface area (Å²) in [6, 6.07) is 10.9. The Morgan fingerprint density at radius 2 is 2.00 bits per heavy atom. The summed E-state index contributed by atoms with van der Waals surface area (Å²) in [5.41, 5.74) is 2.58. The lowest BCUT2D eigenvalue weighted by atomic mass is 10.2. The van der Waals surface area contributed by atoms with Gasteiger partial charge in [-0.05, 0) is 42.3 Å². The topological polar surface area (TPSA) is 42.0 Å². The van der Waals surface area contributed by atoms with Crippen molar-refractivity contribution in [2.24, 2.45) is 0 Å². The lowest BCUT2D eigenvalue weighted by Crippen LogP contribution is -2.11. The minimum atomic E-state index is -0.256. The van der Waals surface area contributed by atoms with Crippen LogP contribution in [0.15, 0.2) is 36.4 Å². The molecule has 0 aliphatic rings. The van der Waals surface area contributed by atoms with Crippen LogP contribution in [0.2, 0.25) is 10.0 Å². The Balaban J connectivity index is 1.85. The number of nitrogens with zero attached hydrogens (tertiary/aromatic N) is 1. The van der Waals surface area contributed by atoms with E-state index in [0.29, 0.717) is 20.7 Å². The van der Waals surface area contributed by atoms with Crippen molar-refractivity contribution in [1.29, 1.82) is 0 Å². The molecule has 0 fully saturated rings. The van der Waals surface area contributed by atoms with Gasteiger partial charge in [0.2, 0.25) is 0 Å². The number of fused-ring (bicyclic) bond motifs is 1. The molecule has 1 amide bonds. The Kier molecular flexibility index (Phi) is 4.34. The van der Waals surface area contributed by atoms with E-state index >= 15 is 0 Å². The summed E-state index contributed by atoms with van der Waals surface area (Å²) in [6.07, 6.45) is 0.971. The maximum absolute atomic E-state index is 12.2. The van der Waals surface area contributed by atoms with Crippen LogP contribution in [0.5, 0.6) is 0 Å². The molecule has 0 unspecified atom stereocenters. The standard InChI is InChI=1S/C16H12Cl2N2OS/c1-2-9-3-6-13-14(7-9)22-16(19-13)20-15(21)10-4-5-11(17)12(18)8-10/h3-8H,2H2,1H3,(H,19,20,21). The SMILES string of the molecule is CCc1ccc2nc(NC(=O)c3ccc(Cl)c(Cl)c3)sc2c1. The van der Waals surface area contributed by atoms with E-state index in [1.54, 1.807) is 18.2 Å². The third-order valence-electron chi connectivity index (χ3n) is 3.26. The van der Waals surface area contributed by atoms with Gasteiger partial charge in [0.05, 0.1) is 20.3 Å². The van der Waals surface area contributed by atoms with Crippen LogP contribution in [-0.2, 0) is 6.42 Å². The molecule has 0 aliphatic heterocycles. The first-order valence-electron chi connectivity index (χ1n) is 6.72. The highest BCUT2D eigenvalue weighted by atomic mass is 35.5. The van der Waals surface area contributed by atoms with Crippen molar-refractivity contribution < 1.29 is 4.79 Å². The molecular formula is C16H12Cl2N2OS. The number of aryl methyl sites for hydroxylation is 1. The molecule has 0 bridgehead atoms.